The van der Waals surface area contributed by atoms with Crippen molar-refractivity contribution in [2.24, 2.45) is 0 Å². The zero-order valence-electron chi connectivity index (χ0n) is 29.4. The standard InChI is InChI=1S/C37H78N2O2/c1-7-9-11-13-15-17-19-21-23-25-27-29-31-38(3,4)33-36-37(41-35-40-36)34-39(5,6)32-30-28-26-24-22-20-18-16-14-12-10-8-2/h36-37H,7-35H2,1-6H3/q+2/t36-,37-/m0/s1. The van der Waals surface area contributed by atoms with Gasteiger partial charge in [0, 0.05) is 0 Å². The molecule has 0 unspecified atom stereocenters. The minimum Gasteiger partial charge on any atom is -0.343 e. The Bertz CT molecular complexity index is 517. The maximum Gasteiger partial charge on any atom is 0.148 e. The Labute approximate surface area is 259 Å². The second-order valence-corrected chi connectivity index (χ2v) is 15.0. The van der Waals surface area contributed by atoms with Crippen molar-refractivity contribution < 1.29 is 18.4 Å². The molecule has 246 valence electrons. The maximum atomic E-state index is 6.13. The summed E-state index contributed by atoms with van der Waals surface area (Å²) in [5.74, 6) is 0. The van der Waals surface area contributed by atoms with Crippen LogP contribution in [0.2, 0.25) is 0 Å². The van der Waals surface area contributed by atoms with Crippen LogP contribution in [0.15, 0.2) is 0 Å². The van der Waals surface area contributed by atoms with Crippen molar-refractivity contribution in [3.63, 3.8) is 0 Å². The molecule has 1 heterocycles. The lowest BCUT2D eigenvalue weighted by Gasteiger charge is -2.36. The van der Waals surface area contributed by atoms with Crippen molar-refractivity contribution in [3.8, 4) is 0 Å². The molecule has 1 aliphatic rings. The van der Waals surface area contributed by atoms with Gasteiger partial charge in [-0.05, 0) is 25.7 Å². The highest BCUT2D eigenvalue weighted by atomic mass is 16.7. The van der Waals surface area contributed by atoms with E-state index in [1.54, 1.807) is 0 Å². The molecule has 0 aromatic rings. The summed E-state index contributed by atoms with van der Waals surface area (Å²) in [6, 6.07) is 0. The first-order valence-electron chi connectivity index (χ1n) is 18.7. The summed E-state index contributed by atoms with van der Waals surface area (Å²) in [6.45, 7) is 9.72. The van der Waals surface area contributed by atoms with E-state index in [0.29, 0.717) is 6.79 Å². The van der Waals surface area contributed by atoms with Crippen LogP contribution in [-0.4, -0.2) is 82.3 Å². The lowest BCUT2D eigenvalue weighted by atomic mass is 10.0. The maximum absolute atomic E-state index is 6.13. The number of quaternary nitrogens is 2. The molecule has 0 N–H and O–H groups in total. The quantitative estimate of drug-likeness (QED) is 0.0619. The molecule has 0 aromatic heterocycles. The Hall–Kier alpha value is -0.160. The summed E-state index contributed by atoms with van der Waals surface area (Å²) in [7, 11) is 9.57. The van der Waals surface area contributed by atoms with Crippen molar-refractivity contribution in [1.29, 1.82) is 0 Å². The fourth-order valence-electron chi connectivity index (χ4n) is 6.69. The van der Waals surface area contributed by atoms with Crippen LogP contribution < -0.4 is 0 Å². The van der Waals surface area contributed by atoms with Crippen LogP contribution in [0.4, 0.5) is 0 Å². The predicted octanol–water partition coefficient (Wildman–Crippen LogP) is 10.3. The van der Waals surface area contributed by atoms with Crippen LogP contribution in [0.1, 0.15) is 168 Å². The summed E-state index contributed by atoms with van der Waals surface area (Å²) >= 11 is 0. The van der Waals surface area contributed by atoms with Gasteiger partial charge in [0.25, 0.3) is 0 Å². The molecule has 1 aliphatic heterocycles. The third kappa shape index (κ3) is 23.0. The summed E-state index contributed by atoms with van der Waals surface area (Å²) in [6.07, 6.45) is 34.5. The molecule has 0 saturated carbocycles. The molecule has 1 rings (SSSR count). The van der Waals surface area contributed by atoms with Gasteiger partial charge in [0.05, 0.1) is 41.3 Å². The number of hydrogen-bond donors (Lipinski definition) is 0. The molecule has 4 heteroatoms. The first-order valence-corrected chi connectivity index (χ1v) is 18.7. The third-order valence-electron chi connectivity index (χ3n) is 9.56. The van der Waals surface area contributed by atoms with Gasteiger partial charge in [0.15, 0.2) is 0 Å². The molecule has 1 saturated heterocycles. The molecular weight excluding hydrogens is 504 g/mol. The summed E-state index contributed by atoms with van der Waals surface area (Å²) in [5, 5.41) is 0. The highest BCUT2D eigenvalue weighted by molar-refractivity contribution is 4.74. The van der Waals surface area contributed by atoms with E-state index in [4.69, 9.17) is 9.47 Å². The van der Waals surface area contributed by atoms with E-state index in [1.165, 1.54) is 167 Å². The Kier molecular flexibility index (Phi) is 23.9. The lowest BCUT2D eigenvalue weighted by molar-refractivity contribution is -0.900. The summed E-state index contributed by atoms with van der Waals surface area (Å²) < 4.78 is 14.4. The minimum atomic E-state index is 0.238. The predicted molar refractivity (Wildman–Crippen MR) is 180 cm³/mol. The van der Waals surface area contributed by atoms with E-state index in [0.717, 1.165) is 22.1 Å². The van der Waals surface area contributed by atoms with Crippen molar-refractivity contribution in [1.82, 2.24) is 0 Å². The molecule has 2 atom stereocenters. The van der Waals surface area contributed by atoms with Gasteiger partial charge < -0.3 is 18.4 Å². The Morgan fingerprint density at radius 1 is 0.390 bits per heavy atom. The van der Waals surface area contributed by atoms with Crippen LogP contribution in [-0.2, 0) is 9.47 Å². The second kappa shape index (κ2) is 25.2. The number of unbranched alkanes of at least 4 members (excludes halogenated alkanes) is 22. The number of nitrogens with zero attached hydrogens (tertiary/aromatic N) is 2. The molecule has 0 radical (unpaired) electrons. The number of hydrogen-bond acceptors (Lipinski definition) is 2. The third-order valence-corrected chi connectivity index (χ3v) is 9.56. The second-order valence-electron chi connectivity index (χ2n) is 15.0. The highest BCUT2D eigenvalue weighted by Crippen LogP contribution is 2.21. The largest absolute Gasteiger partial charge is 0.343 e. The number of rotatable bonds is 30. The highest BCUT2D eigenvalue weighted by Gasteiger charge is 2.38. The molecule has 0 amide bonds. The lowest BCUT2D eigenvalue weighted by Crippen LogP contribution is -2.53. The SMILES string of the molecule is CCCCCCCCCCCCCC[N+](C)(C)C[C@@H]1OCO[C@H]1C[N+](C)(C)CCCCCCCCCCCCCC. The van der Waals surface area contributed by atoms with Crippen molar-refractivity contribution >= 4 is 0 Å². The Morgan fingerprint density at radius 2 is 0.634 bits per heavy atom. The van der Waals surface area contributed by atoms with E-state index >= 15 is 0 Å². The number of likely N-dealkylation sites (N-methyl/N-ethyl adjacent to an activating group) is 2. The molecule has 0 spiro atoms. The van der Waals surface area contributed by atoms with Crippen LogP contribution >= 0.6 is 0 Å². The molecule has 4 nitrogen and oxygen atoms in total. The van der Waals surface area contributed by atoms with Crippen molar-refractivity contribution in [3.05, 3.63) is 0 Å². The number of ether oxygens (including phenoxy) is 2. The smallest absolute Gasteiger partial charge is 0.148 e. The fraction of sp³-hybridized carbons (Fsp3) is 1.00. The Balaban J connectivity index is 2.10. The molecule has 41 heavy (non-hydrogen) atoms. The molecular formula is C37H78N2O2+2. The van der Waals surface area contributed by atoms with E-state index < -0.39 is 0 Å². The van der Waals surface area contributed by atoms with Crippen molar-refractivity contribution in [2.75, 3.05) is 61.2 Å². The summed E-state index contributed by atoms with van der Waals surface area (Å²) in [4.78, 5) is 0. The van der Waals surface area contributed by atoms with Crippen LogP contribution in [0.3, 0.4) is 0 Å². The van der Waals surface area contributed by atoms with Crippen LogP contribution in [0.5, 0.6) is 0 Å². The summed E-state index contributed by atoms with van der Waals surface area (Å²) in [5.41, 5.74) is 0. The zero-order valence-corrected chi connectivity index (χ0v) is 29.4. The van der Waals surface area contributed by atoms with Gasteiger partial charge in [0.2, 0.25) is 0 Å². The normalized spacial score (nSPS) is 18.0. The molecule has 0 bridgehead atoms. The molecule has 0 aliphatic carbocycles. The molecule has 0 aromatic carbocycles. The van der Waals surface area contributed by atoms with Gasteiger partial charge in [-0.25, -0.2) is 0 Å². The van der Waals surface area contributed by atoms with E-state index in [2.05, 4.69) is 42.0 Å². The van der Waals surface area contributed by atoms with Gasteiger partial charge in [0.1, 0.15) is 32.1 Å². The van der Waals surface area contributed by atoms with Gasteiger partial charge in [-0.2, -0.15) is 0 Å². The van der Waals surface area contributed by atoms with Gasteiger partial charge >= 0.3 is 0 Å². The minimum absolute atomic E-state index is 0.238. The van der Waals surface area contributed by atoms with E-state index in [9.17, 15) is 0 Å². The monoisotopic (exact) mass is 583 g/mol. The van der Waals surface area contributed by atoms with E-state index in [-0.39, 0.29) is 12.2 Å². The first-order chi connectivity index (χ1) is 19.8. The van der Waals surface area contributed by atoms with Crippen LogP contribution in [0, 0.1) is 0 Å². The zero-order chi connectivity index (χ0) is 30.1. The first kappa shape index (κ1) is 38.9. The average molecular weight is 583 g/mol. The van der Waals surface area contributed by atoms with Crippen molar-refractivity contribution in [2.45, 2.75) is 180 Å². The van der Waals surface area contributed by atoms with Gasteiger partial charge in [-0.3, -0.25) is 0 Å². The average Bonchev–Trinajstić information content (AvgIpc) is 3.34. The topological polar surface area (TPSA) is 18.5 Å². The van der Waals surface area contributed by atoms with Crippen LogP contribution in [0.25, 0.3) is 0 Å². The van der Waals surface area contributed by atoms with Gasteiger partial charge in [-0.1, -0.05) is 142 Å². The molecule has 1 fully saturated rings. The van der Waals surface area contributed by atoms with E-state index in [1.807, 2.05) is 0 Å². The Morgan fingerprint density at radius 3 is 0.902 bits per heavy atom. The van der Waals surface area contributed by atoms with Gasteiger partial charge in [-0.15, -0.1) is 0 Å². The fourth-order valence-corrected chi connectivity index (χ4v) is 6.69.